The number of rotatable bonds is 9. The molecule has 0 saturated heterocycles. The maximum Gasteiger partial charge on any atom is 0.303 e. The zero-order valence-corrected chi connectivity index (χ0v) is 15.1. The summed E-state index contributed by atoms with van der Waals surface area (Å²) in [6.45, 7) is 0.240. The first-order chi connectivity index (χ1) is 12.9. The van der Waals surface area contributed by atoms with Crippen molar-refractivity contribution in [3.05, 3.63) is 69.6 Å². The average molecular weight is 370 g/mol. The third-order valence-electron chi connectivity index (χ3n) is 4.12. The molecule has 27 heavy (non-hydrogen) atoms. The summed E-state index contributed by atoms with van der Waals surface area (Å²) < 4.78 is 1.35. The number of amides is 1. The highest BCUT2D eigenvalue weighted by Crippen LogP contribution is 2.11. The molecule has 1 aromatic heterocycles. The number of aliphatic carboxylic acids is 1. The van der Waals surface area contributed by atoms with Gasteiger partial charge in [0.2, 0.25) is 0 Å². The van der Waals surface area contributed by atoms with Gasteiger partial charge in [-0.05, 0) is 24.5 Å². The number of carboxylic acids is 1. The van der Waals surface area contributed by atoms with Crippen LogP contribution in [-0.4, -0.2) is 34.4 Å². The van der Waals surface area contributed by atoms with Crippen molar-refractivity contribution in [3.63, 3.8) is 0 Å². The Morgan fingerprint density at radius 1 is 1.07 bits per heavy atom. The highest BCUT2D eigenvalue weighted by atomic mass is 16.4. The van der Waals surface area contributed by atoms with Gasteiger partial charge in [0.1, 0.15) is 5.56 Å². The third-order valence-corrected chi connectivity index (χ3v) is 4.12. The Morgan fingerprint density at radius 3 is 2.37 bits per heavy atom. The maximum absolute atomic E-state index is 12.6. The van der Waals surface area contributed by atoms with Crippen LogP contribution in [0.1, 0.15) is 52.0 Å². The largest absolute Gasteiger partial charge is 0.481 e. The molecule has 7 nitrogen and oxygen atoms in total. The number of nitrogens with zero attached hydrogens (tertiary/aromatic N) is 1. The predicted octanol–water partition coefficient (Wildman–Crippen LogP) is 2.08. The maximum atomic E-state index is 12.6. The van der Waals surface area contributed by atoms with E-state index in [0.717, 1.165) is 5.56 Å². The minimum atomic E-state index is -0.902. The van der Waals surface area contributed by atoms with Gasteiger partial charge in [0.05, 0.1) is 6.54 Å². The molecule has 0 aliphatic carbocycles. The second-order valence-corrected chi connectivity index (χ2v) is 6.16. The Morgan fingerprint density at radius 2 is 1.74 bits per heavy atom. The Bertz CT molecular complexity index is 887. The van der Waals surface area contributed by atoms with E-state index in [1.165, 1.54) is 23.9 Å². The van der Waals surface area contributed by atoms with Crippen molar-refractivity contribution >= 4 is 17.7 Å². The van der Waals surface area contributed by atoms with Gasteiger partial charge in [-0.1, -0.05) is 30.3 Å². The lowest BCUT2D eigenvalue weighted by Gasteiger charge is -2.11. The van der Waals surface area contributed by atoms with Crippen LogP contribution >= 0.6 is 0 Å². The first kappa shape index (κ1) is 20.1. The lowest BCUT2D eigenvalue weighted by atomic mass is 10.0. The molecule has 1 amide bonds. The first-order valence-electron chi connectivity index (χ1n) is 8.68. The summed E-state index contributed by atoms with van der Waals surface area (Å²) in [6.07, 6.45) is 2.45. The number of carboxylic acid groups (broad SMARTS) is 1. The molecule has 1 heterocycles. The van der Waals surface area contributed by atoms with Crippen molar-refractivity contribution in [1.29, 1.82) is 0 Å². The van der Waals surface area contributed by atoms with Gasteiger partial charge in [0, 0.05) is 31.6 Å². The molecule has 0 radical (unpaired) electrons. The molecule has 2 aromatic rings. The van der Waals surface area contributed by atoms with Gasteiger partial charge in [-0.15, -0.1) is 0 Å². The fraction of sp³-hybridized carbons (Fsp3) is 0.300. The molecule has 2 N–H and O–H groups in total. The topological polar surface area (TPSA) is 105 Å². The molecule has 0 fully saturated rings. The number of ketones is 1. The van der Waals surface area contributed by atoms with Gasteiger partial charge < -0.3 is 15.0 Å². The van der Waals surface area contributed by atoms with E-state index in [4.69, 9.17) is 5.11 Å². The summed E-state index contributed by atoms with van der Waals surface area (Å²) in [6, 6.07) is 10.6. The fourth-order valence-corrected chi connectivity index (χ4v) is 2.69. The molecule has 0 spiro atoms. The number of carbonyl (C=O) groups excluding carboxylic acids is 2. The molecule has 0 atom stereocenters. The summed E-state index contributed by atoms with van der Waals surface area (Å²) in [5, 5.41) is 11.1. The monoisotopic (exact) mass is 370 g/mol. The number of unbranched alkanes of at least 4 members (excludes halogenated alkanes) is 1. The number of pyridine rings is 1. The van der Waals surface area contributed by atoms with Gasteiger partial charge in [-0.25, -0.2) is 0 Å². The Labute approximate surface area is 156 Å². The SMILES string of the molecule is CNC(=O)c1cc(C(=O)CCCCC(=O)O)cn(Cc2ccccc2)c1=O. The van der Waals surface area contributed by atoms with Crippen LogP contribution in [0.25, 0.3) is 0 Å². The predicted molar refractivity (Wildman–Crippen MR) is 100 cm³/mol. The number of Topliss-reactive ketones (excluding diaryl/α,β-unsaturated/α-hetero) is 1. The first-order valence-corrected chi connectivity index (χ1v) is 8.68. The van der Waals surface area contributed by atoms with Crippen LogP contribution in [0.4, 0.5) is 0 Å². The zero-order chi connectivity index (χ0) is 19.8. The van der Waals surface area contributed by atoms with E-state index in [1.54, 1.807) is 0 Å². The van der Waals surface area contributed by atoms with Crippen molar-refractivity contribution in [2.24, 2.45) is 0 Å². The zero-order valence-electron chi connectivity index (χ0n) is 15.1. The van der Waals surface area contributed by atoms with Crippen molar-refractivity contribution in [2.75, 3.05) is 7.05 Å². The molecule has 1 aromatic carbocycles. The fourth-order valence-electron chi connectivity index (χ4n) is 2.69. The Hall–Kier alpha value is -3.22. The average Bonchev–Trinajstić information content (AvgIpc) is 2.66. The minimum absolute atomic E-state index is 0.00424. The van der Waals surface area contributed by atoms with Crippen LogP contribution in [0.15, 0.2) is 47.4 Å². The molecule has 7 heteroatoms. The van der Waals surface area contributed by atoms with Crippen LogP contribution in [0.2, 0.25) is 0 Å². The van der Waals surface area contributed by atoms with Gasteiger partial charge >= 0.3 is 5.97 Å². The second-order valence-electron chi connectivity index (χ2n) is 6.16. The van der Waals surface area contributed by atoms with Crippen LogP contribution in [0, 0.1) is 0 Å². The molecule has 0 saturated carbocycles. The minimum Gasteiger partial charge on any atom is -0.481 e. The standard InChI is InChI=1S/C20H22N2O5/c1-21-19(26)16-11-15(17(23)9-5-6-10-18(24)25)13-22(20(16)27)12-14-7-3-2-4-8-14/h2-4,7-8,11,13H,5-6,9-10,12H2,1H3,(H,21,26)(H,24,25). The summed E-state index contributed by atoms with van der Waals surface area (Å²) in [5.41, 5.74) is 0.568. The Balaban J connectivity index is 2.29. The van der Waals surface area contributed by atoms with E-state index in [1.807, 2.05) is 30.3 Å². The van der Waals surface area contributed by atoms with Crippen LogP contribution in [0.5, 0.6) is 0 Å². The smallest absolute Gasteiger partial charge is 0.303 e. The van der Waals surface area contributed by atoms with Crippen LogP contribution < -0.4 is 10.9 Å². The Kier molecular flexibility index (Phi) is 7.05. The van der Waals surface area contributed by atoms with E-state index in [-0.39, 0.29) is 36.3 Å². The van der Waals surface area contributed by atoms with E-state index in [0.29, 0.717) is 12.8 Å². The van der Waals surface area contributed by atoms with Crippen molar-refractivity contribution in [2.45, 2.75) is 32.2 Å². The van der Waals surface area contributed by atoms with Gasteiger partial charge in [0.25, 0.3) is 11.5 Å². The quantitative estimate of drug-likeness (QED) is 0.519. The summed E-state index contributed by atoms with van der Waals surface area (Å²) in [7, 11) is 1.42. The number of benzene rings is 1. The molecule has 0 bridgehead atoms. The number of carbonyl (C=O) groups is 3. The third kappa shape index (κ3) is 5.64. The summed E-state index contributed by atoms with van der Waals surface area (Å²) in [4.78, 5) is 47.7. The highest BCUT2D eigenvalue weighted by Gasteiger charge is 2.17. The molecule has 142 valence electrons. The number of nitrogens with one attached hydrogen (secondary N) is 1. The molecule has 0 unspecified atom stereocenters. The van der Waals surface area contributed by atoms with Gasteiger partial charge in [-0.3, -0.25) is 19.2 Å². The van der Waals surface area contributed by atoms with Crippen molar-refractivity contribution < 1.29 is 19.5 Å². The molecular formula is C20H22N2O5. The van der Waals surface area contributed by atoms with E-state index in [2.05, 4.69) is 5.32 Å². The summed E-state index contributed by atoms with van der Waals surface area (Å²) >= 11 is 0. The highest BCUT2D eigenvalue weighted by molar-refractivity contribution is 6.00. The summed E-state index contributed by atoms with van der Waals surface area (Å²) in [5.74, 6) is -1.68. The second kappa shape index (κ2) is 9.47. The van der Waals surface area contributed by atoms with E-state index >= 15 is 0 Å². The van der Waals surface area contributed by atoms with Crippen LogP contribution in [-0.2, 0) is 11.3 Å². The van der Waals surface area contributed by atoms with Gasteiger partial charge in [0.15, 0.2) is 5.78 Å². The lowest BCUT2D eigenvalue weighted by molar-refractivity contribution is -0.137. The molecule has 0 aliphatic heterocycles. The molecule has 2 rings (SSSR count). The van der Waals surface area contributed by atoms with Crippen LogP contribution in [0.3, 0.4) is 0 Å². The normalized spacial score (nSPS) is 10.4. The molecule has 0 aliphatic rings. The molecular weight excluding hydrogens is 348 g/mol. The van der Waals surface area contributed by atoms with E-state index < -0.39 is 17.4 Å². The van der Waals surface area contributed by atoms with Crippen molar-refractivity contribution in [3.8, 4) is 0 Å². The van der Waals surface area contributed by atoms with E-state index in [9.17, 15) is 19.2 Å². The van der Waals surface area contributed by atoms with Gasteiger partial charge in [-0.2, -0.15) is 0 Å². The lowest BCUT2D eigenvalue weighted by Crippen LogP contribution is -2.32. The number of aromatic nitrogens is 1. The number of hydrogen-bond acceptors (Lipinski definition) is 4. The van der Waals surface area contributed by atoms with Crippen molar-refractivity contribution in [1.82, 2.24) is 9.88 Å². The number of hydrogen-bond donors (Lipinski definition) is 2.